The van der Waals surface area contributed by atoms with Gasteiger partial charge in [0.2, 0.25) is 0 Å². The van der Waals surface area contributed by atoms with Crippen LogP contribution in [-0.4, -0.2) is 20.8 Å². The Bertz CT molecular complexity index is 360. The largest absolute Gasteiger partial charge is 0.391 e. The molecule has 0 saturated heterocycles. The number of hydrogen-bond donors (Lipinski definition) is 1. The van der Waals surface area contributed by atoms with Gasteiger partial charge in [-0.2, -0.15) is 0 Å². The smallest absolute Gasteiger partial charge is 0.150 e. The first-order chi connectivity index (χ1) is 7.08. The lowest BCUT2D eigenvalue weighted by atomic mass is 10.1. The summed E-state index contributed by atoms with van der Waals surface area (Å²) in [6.45, 7) is 4.97. The van der Waals surface area contributed by atoms with Crippen LogP contribution in [0.2, 0.25) is 5.15 Å². The molecule has 84 valence electrons. The third-order valence-corrected chi connectivity index (χ3v) is 3.10. The number of nitrogens with zero attached hydrogens (tertiary/aromatic N) is 2. The number of rotatable bonds is 2. The SMILES string of the molecule is CC(C)Cc1nc(Cl)c2n1CC(O)CC2. The van der Waals surface area contributed by atoms with Gasteiger partial charge >= 0.3 is 0 Å². The first kappa shape index (κ1) is 11.0. The van der Waals surface area contributed by atoms with Crippen molar-refractivity contribution in [2.75, 3.05) is 0 Å². The third-order valence-electron chi connectivity index (χ3n) is 2.80. The molecule has 0 radical (unpaired) electrons. The van der Waals surface area contributed by atoms with Crippen molar-refractivity contribution in [3.05, 3.63) is 16.7 Å². The van der Waals surface area contributed by atoms with E-state index in [0.29, 0.717) is 17.6 Å². The van der Waals surface area contributed by atoms with Crippen LogP contribution < -0.4 is 0 Å². The average molecular weight is 229 g/mol. The predicted octanol–water partition coefficient (Wildman–Crippen LogP) is 2.04. The van der Waals surface area contributed by atoms with E-state index in [1.54, 1.807) is 0 Å². The highest BCUT2D eigenvalue weighted by molar-refractivity contribution is 6.30. The van der Waals surface area contributed by atoms with Gasteiger partial charge in [-0.3, -0.25) is 0 Å². The lowest BCUT2D eigenvalue weighted by Crippen LogP contribution is -2.25. The van der Waals surface area contributed by atoms with Gasteiger partial charge in [-0.1, -0.05) is 25.4 Å². The monoisotopic (exact) mass is 228 g/mol. The molecule has 0 fully saturated rings. The van der Waals surface area contributed by atoms with Crippen LogP contribution >= 0.6 is 11.6 Å². The van der Waals surface area contributed by atoms with Crippen LogP contribution in [0.1, 0.15) is 31.8 Å². The maximum atomic E-state index is 9.63. The Morgan fingerprint density at radius 1 is 1.60 bits per heavy atom. The highest BCUT2D eigenvalue weighted by Gasteiger charge is 2.23. The fourth-order valence-corrected chi connectivity index (χ4v) is 2.38. The maximum Gasteiger partial charge on any atom is 0.150 e. The zero-order valence-electron chi connectivity index (χ0n) is 9.20. The second kappa shape index (κ2) is 4.14. The molecule has 2 heterocycles. The van der Waals surface area contributed by atoms with Gasteiger partial charge in [-0.05, 0) is 18.8 Å². The molecule has 0 saturated carbocycles. The van der Waals surface area contributed by atoms with Crippen LogP contribution in [0.4, 0.5) is 0 Å². The molecule has 1 unspecified atom stereocenters. The highest BCUT2D eigenvalue weighted by Crippen LogP contribution is 2.25. The fourth-order valence-electron chi connectivity index (χ4n) is 2.09. The van der Waals surface area contributed by atoms with Gasteiger partial charge in [0.1, 0.15) is 5.82 Å². The van der Waals surface area contributed by atoms with Crippen LogP contribution in [0.25, 0.3) is 0 Å². The molecule has 1 aromatic heterocycles. The van der Waals surface area contributed by atoms with Crippen molar-refractivity contribution >= 4 is 11.6 Å². The second-order valence-electron chi connectivity index (χ2n) is 4.67. The van der Waals surface area contributed by atoms with Crippen LogP contribution in [0, 0.1) is 5.92 Å². The molecule has 3 nitrogen and oxygen atoms in total. The molecule has 0 amide bonds. The minimum absolute atomic E-state index is 0.242. The quantitative estimate of drug-likeness (QED) is 0.842. The van der Waals surface area contributed by atoms with E-state index in [9.17, 15) is 5.11 Å². The van der Waals surface area contributed by atoms with Gasteiger partial charge in [0.25, 0.3) is 0 Å². The summed E-state index contributed by atoms with van der Waals surface area (Å²) in [5, 5.41) is 10.3. The van der Waals surface area contributed by atoms with Crippen molar-refractivity contribution < 1.29 is 5.11 Å². The molecular weight excluding hydrogens is 212 g/mol. The Labute approximate surface area is 95.1 Å². The highest BCUT2D eigenvalue weighted by atomic mass is 35.5. The number of hydrogen-bond acceptors (Lipinski definition) is 2. The summed E-state index contributed by atoms with van der Waals surface area (Å²) in [6, 6.07) is 0. The zero-order valence-corrected chi connectivity index (χ0v) is 9.96. The first-order valence-electron chi connectivity index (χ1n) is 5.49. The summed E-state index contributed by atoms with van der Waals surface area (Å²) >= 11 is 6.08. The predicted molar refractivity (Wildman–Crippen MR) is 60.1 cm³/mol. The summed E-state index contributed by atoms with van der Waals surface area (Å²) in [6.07, 6.45) is 2.32. The lowest BCUT2D eigenvalue weighted by molar-refractivity contribution is 0.129. The molecule has 1 aliphatic rings. The Balaban J connectivity index is 2.32. The average Bonchev–Trinajstić information content (AvgIpc) is 2.42. The molecule has 0 aliphatic carbocycles. The van der Waals surface area contributed by atoms with Gasteiger partial charge in [-0.15, -0.1) is 0 Å². The second-order valence-corrected chi connectivity index (χ2v) is 5.02. The number of imidazole rings is 1. The molecule has 1 aromatic rings. The molecule has 1 N–H and O–H groups in total. The standard InChI is InChI=1S/C11H17ClN2O/c1-7(2)5-10-13-11(12)9-4-3-8(15)6-14(9)10/h7-8,15H,3-6H2,1-2H3. The minimum Gasteiger partial charge on any atom is -0.391 e. The molecule has 2 rings (SSSR count). The van der Waals surface area contributed by atoms with Gasteiger partial charge < -0.3 is 9.67 Å². The Morgan fingerprint density at radius 2 is 2.33 bits per heavy atom. The lowest BCUT2D eigenvalue weighted by Gasteiger charge is -2.22. The number of aromatic nitrogens is 2. The molecule has 0 bridgehead atoms. The molecule has 1 aliphatic heterocycles. The maximum absolute atomic E-state index is 9.63. The summed E-state index contributed by atoms with van der Waals surface area (Å²) in [5.74, 6) is 1.58. The van der Waals surface area contributed by atoms with Crippen LogP contribution in [0.5, 0.6) is 0 Å². The van der Waals surface area contributed by atoms with E-state index >= 15 is 0 Å². The Hall–Kier alpha value is -0.540. The van der Waals surface area contributed by atoms with Gasteiger partial charge in [0, 0.05) is 6.42 Å². The zero-order chi connectivity index (χ0) is 11.0. The molecule has 0 aromatic carbocycles. The van der Waals surface area contributed by atoms with Crippen LogP contribution in [-0.2, 0) is 19.4 Å². The van der Waals surface area contributed by atoms with Crippen molar-refractivity contribution in [3.8, 4) is 0 Å². The van der Waals surface area contributed by atoms with Crippen molar-refractivity contribution in [1.82, 2.24) is 9.55 Å². The van der Waals surface area contributed by atoms with E-state index in [4.69, 9.17) is 11.6 Å². The van der Waals surface area contributed by atoms with E-state index in [-0.39, 0.29) is 6.10 Å². The van der Waals surface area contributed by atoms with E-state index < -0.39 is 0 Å². The molecule has 1 atom stereocenters. The van der Waals surface area contributed by atoms with Crippen molar-refractivity contribution in [2.45, 2.75) is 45.8 Å². The van der Waals surface area contributed by atoms with Gasteiger partial charge in [0.05, 0.1) is 18.3 Å². The number of halogens is 1. The summed E-state index contributed by atoms with van der Waals surface area (Å²) in [7, 11) is 0. The van der Waals surface area contributed by atoms with Crippen molar-refractivity contribution in [2.24, 2.45) is 5.92 Å². The number of aliphatic hydroxyl groups excluding tert-OH is 1. The molecule has 0 spiro atoms. The topological polar surface area (TPSA) is 38.0 Å². The number of aliphatic hydroxyl groups is 1. The van der Waals surface area contributed by atoms with Crippen LogP contribution in [0.3, 0.4) is 0 Å². The van der Waals surface area contributed by atoms with Crippen molar-refractivity contribution in [1.29, 1.82) is 0 Å². The summed E-state index contributed by atoms with van der Waals surface area (Å²) < 4.78 is 2.09. The van der Waals surface area contributed by atoms with E-state index in [2.05, 4.69) is 23.4 Å². The Kier molecular flexibility index (Phi) is 3.03. The van der Waals surface area contributed by atoms with E-state index in [1.165, 1.54) is 0 Å². The van der Waals surface area contributed by atoms with Gasteiger partial charge in [-0.25, -0.2) is 4.98 Å². The first-order valence-corrected chi connectivity index (χ1v) is 5.87. The normalized spacial score (nSPS) is 20.7. The third kappa shape index (κ3) is 2.18. The van der Waals surface area contributed by atoms with E-state index in [1.807, 2.05) is 0 Å². The van der Waals surface area contributed by atoms with E-state index in [0.717, 1.165) is 30.8 Å². The summed E-state index contributed by atoms with van der Waals surface area (Å²) in [5.41, 5.74) is 1.10. The molecular formula is C11H17ClN2O. The molecule has 4 heteroatoms. The minimum atomic E-state index is -0.242. The molecule has 15 heavy (non-hydrogen) atoms. The van der Waals surface area contributed by atoms with Gasteiger partial charge in [0.15, 0.2) is 5.15 Å². The number of fused-ring (bicyclic) bond motifs is 1. The van der Waals surface area contributed by atoms with Crippen LogP contribution in [0.15, 0.2) is 0 Å². The van der Waals surface area contributed by atoms with Crippen molar-refractivity contribution in [3.63, 3.8) is 0 Å². The summed E-state index contributed by atoms with van der Waals surface area (Å²) in [4.78, 5) is 4.38. The fraction of sp³-hybridized carbons (Fsp3) is 0.727. The Morgan fingerprint density at radius 3 is 3.00 bits per heavy atom.